The number of nitrogens with one attached hydrogen (secondary N) is 1. The maximum Gasteiger partial charge on any atom is 0.212 e. The molecule has 5 nitrogen and oxygen atoms in total. The highest BCUT2D eigenvalue weighted by molar-refractivity contribution is 8.00. The number of para-hydroxylation sites is 1. The molecule has 4 N–H and O–H groups in total. The fraction of sp³-hybridized carbons (Fsp3) is 0.500. The van der Waals surface area contributed by atoms with Gasteiger partial charge in [0.05, 0.1) is 17.9 Å². The van der Waals surface area contributed by atoms with Crippen molar-refractivity contribution in [3.8, 4) is 0 Å². The quantitative estimate of drug-likeness (QED) is 0.517. The monoisotopic (exact) mass is 304 g/mol. The summed E-state index contributed by atoms with van der Waals surface area (Å²) in [5.74, 6) is 0.389. The number of anilines is 1. The van der Waals surface area contributed by atoms with E-state index in [2.05, 4.69) is 4.72 Å². The first-order chi connectivity index (χ1) is 8.76. The Hall–Kier alpha value is -0.760. The molecule has 108 valence electrons. The van der Waals surface area contributed by atoms with Crippen molar-refractivity contribution in [3.05, 3.63) is 24.3 Å². The average molecular weight is 304 g/mol. The Bertz CT molecular complexity index is 515. The van der Waals surface area contributed by atoms with E-state index < -0.39 is 15.6 Å². The van der Waals surface area contributed by atoms with Crippen molar-refractivity contribution in [2.24, 2.45) is 0 Å². The van der Waals surface area contributed by atoms with Gasteiger partial charge in [0.15, 0.2) is 0 Å². The molecule has 1 aromatic carbocycles. The maximum atomic E-state index is 11.8. The van der Waals surface area contributed by atoms with Crippen LogP contribution >= 0.6 is 11.8 Å². The lowest BCUT2D eigenvalue weighted by molar-refractivity contribution is 0.208. The van der Waals surface area contributed by atoms with Crippen LogP contribution in [0.15, 0.2) is 29.2 Å². The number of benzene rings is 1. The van der Waals surface area contributed by atoms with Gasteiger partial charge in [0.2, 0.25) is 10.0 Å². The van der Waals surface area contributed by atoms with Gasteiger partial charge >= 0.3 is 0 Å². The first-order valence-electron chi connectivity index (χ1n) is 5.85. The third-order valence-electron chi connectivity index (χ3n) is 2.36. The zero-order valence-corrected chi connectivity index (χ0v) is 12.7. The van der Waals surface area contributed by atoms with E-state index in [1.807, 2.05) is 18.2 Å². The Balaban J connectivity index is 2.51. The average Bonchev–Trinajstić information content (AvgIpc) is 2.30. The van der Waals surface area contributed by atoms with Crippen LogP contribution in [0.1, 0.15) is 13.8 Å². The lowest BCUT2D eigenvalue weighted by atomic mass is 10.1. The van der Waals surface area contributed by atoms with Gasteiger partial charge in [0.25, 0.3) is 0 Å². The molecule has 1 rings (SSSR count). The van der Waals surface area contributed by atoms with Crippen LogP contribution in [0.4, 0.5) is 5.69 Å². The second kappa shape index (κ2) is 6.60. The SMILES string of the molecule is CC(C)(CO)NS(=O)(=O)CCSc1ccccc1N. The summed E-state index contributed by atoms with van der Waals surface area (Å²) in [4.78, 5) is 0.874. The van der Waals surface area contributed by atoms with Crippen molar-refractivity contribution in [2.75, 3.05) is 23.8 Å². The topological polar surface area (TPSA) is 92.4 Å². The van der Waals surface area contributed by atoms with E-state index in [9.17, 15) is 8.42 Å². The molecule has 0 aliphatic heterocycles. The maximum absolute atomic E-state index is 11.8. The lowest BCUT2D eigenvalue weighted by Crippen LogP contribution is -2.47. The van der Waals surface area contributed by atoms with E-state index in [1.54, 1.807) is 19.9 Å². The molecule has 19 heavy (non-hydrogen) atoms. The molecule has 0 amide bonds. The number of hydrogen-bond donors (Lipinski definition) is 3. The van der Waals surface area contributed by atoms with Crippen LogP contribution in [0.5, 0.6) is 0 Å². The molecule has 0 fully saturated rings. The standard InChI is InChI=1S/C12H20N2O3S2/c1-12(2,9-15)14-19(16,17)8-7-18-11-6-4-3-5-10(11)13/h3-6,14-15H,7-9,13H2,1-2H3. The molecule has 0 aliphatic carbocycles. The van der Waals surface area contributed by atoms with Gasteiger partial charge in [0, 0.05) is 16.3 Å². The van der Waals surface area contributed by atoms with Crippen LogP contribution in [0.3, 0.4) is 0 Å². The highest BCUT2D eigenvalue weighted by Gasteiger charge is 2.23. The van der Waals surface area contributed by atoms with Crippen LogP contribution in [-0.2, 0) is 10.0 Å². The third kappa shape index (κ3) is 5.82. The molecule has 0 aromatic heterocycles. The van der Waals surface area contributed by atoms with E-state index in [1.165, 1.54) is 11.8 Å². The van der Waals surface area contributed by atoms with E-state index in [-0.39, 0.29) is 12.4 Å². The first kappa shape index (κ1) is 16.3. The van der Waals surface area contributed by atoms with Crippen LogP contribution in [0.25, 0.3) is 0 Å². The summed E-state index contributed by atoms with van der Waals surface area (Å²) < 4.78 is 26.1. The minimum Gasteiger partial charge on any atom is -0.398 e. The molecule has 0 atom stereocenters. The highest BCUT2D eigenvalue weighted by Crippen LogP contribution is 2.24. The minimum absolute atomic E-state index is 0.0184. The lowest BCUT2D eigenvalue weighted by Gasteiger charge is -2.23. The molecule has 1 aromatic rings. The fourth-order valence-corrected chi connectivity index (χ4v) is 4.23. The van der Waals surface area contributed by atoms with Gasteiger partial charge < -0.3 is 10.8 Å². The van der Waals surface area contributed by atoms with Crippen molar-refractivity contribution in [1.29, 1.82) is 0 Å². The van der Waals surface area contributed by atoms with E-state index >= 15 is 0 Å². The molecular weight excluding hydrogens is 284 g/mol. The molecule has 0 saturated heterocycles. The van der Waals surface area contributed by atoms with Crippen LogP contribution in [-0.4, -0.2) is 37.2 Å². The molecule has 0 unspecified atom stereocenters. The summed E-state index contributed by atoms with van der Waals surface area (Å²) in [6, 6.07) is 7.34. The summed E-state index contributed by atoms with van der Waals surface area (Å²) in [6.45, 7) is 3.02. The Kier molecular flexibility index (Phi) is 5.66. The van der Waals surface area contributed by atoms with Gasteiger partial charge in [0.1, 0.15) is 0 Å². The van der Waals surface area contributed by atoms with E-state index in [0.29, 0.717) is 11.4 Å². The number of nitrogens with two attached hydrogens (primary N) is 1. The number of rotatable bonds is 7. The van der Waals surface area contributed by atoms with Gasteiger partial charge in [-0.15, -0.1) is 11.8 Å². The van der Waals surface area contributed by atoms with Crippen molar-refractivity contribution in [1.82, 2.24) is 4.72 Å². The van der Waals surface area contributed by atoms with Crippen LogP contribution in [0.2, 0.25) is 0 Å². The number of aliphatic hydroxyl groups is 1. The van der Waals surface area contributed by atoms with Gasteiger partial charge in [-0.25, -0.2) is 13.1 Å². The number of hydrogen-bond acceptors (Lipinski definition) is 5. The summed E-state index contributed by atoms with van der Waals surface area (Å²) in [5, 5.41) is 9.05. The Morgan fingerprint density at radius 3 is 2.58 bits per heavy atom. The molecular formula is C12H20N2O3S2. The second-order valence-electron chi connectivity index (χ2n) is 4.85. The zero-order chi connectivity index (χ0) is 14.5. The summed E-state index contributed by atoms with van der Waals surface area (Å²) in [7, 11) is -3.41. The smallest absolute Gasteiger partial charge is 0.212 e. The summed E-state index contributed by atoms with van der Waals surface area (Å²) >= 11 is 1.40. The van der Waals surface area contributed by atoms with Crippen LogP contribution < -0.4 is 10.5 Å². The summed E-state index contributed by atoms with van der Waals surface area (Å²) in [5.41, 5.74) is 5.58. The molecule has 0 saturated carbocycles. The summed E-state index contributed by atoms with van der Waals surface area (Å²) in [6.07, 6.45) is 0. The fourth-order valence-electron chi connectivity index (χ4n) is 1.38. The van der Waals surface area contributed by atoms with Gasteiger partial charge in [-0.3, -0.25) is 0 Å². The number of nitrogen functional groups attached to an aromatic ring is 1. The largest absolute Gasteiger partial charge is 0.398 e. The number of aliphatic hydroxyl groups excluding tert-OH is 1. The number of thioether (sulfide) groups is 1. The highest BCUT2D eigenvalue weighted by atomic mass is 32.2. The second-order valence-corrected chi connectivity index (χ2v) is 7.83. The normalized spacial score (nSPS) is 12.6. The third-order valence-corrected chi connectivity index (χ3v) is 5.31. The Labute approximate surface area is 118 Å². The zero-order valence-electron chi connectivity index (χ0n) is 11.1. The van der Waals surface area contributed by atoms with Crippen molar-refractivity contribution in [2.45, 2.75) is 24.3 Å². The Morgan fingerprint density at radius 2 is 2.00 bits per heavy atom. The van der Waals surface area contributed by atoms with Crippen molar-refractivity contribution >= 4 is 27.5 Å². The van der Waals surface area contributed by atoms with E-state index in [4.69, 9.17) is 10.8 Å². The van der Waals surface area contributed by atoms with Gasteiger partial charge in [-0.1, -0.05) is 12.1 Å². The molecule has 0 aliphatic rings. The Morgan fingerprint density at radius 1 is 1.37 bits per heavy atom. The van der Waals surface area contributed by atoms with E-state index in [0.717, 1.165) is 4.90 Å². The predicted molar refractivity (Wildman–Crippen MR) is 79.7 cm³/mol. The predicted octanol–water partition coefficient (Wildman–Crippen LogP) is 1.05. The van der Waals surface area contributed by atoms with Gasteiger partial charge in [-0.2, -0.15) is 0 Å². The minimum atomic E-state index is -3.41. The van der Waals surface area contributed by atoms with Crippen molar-refractivity contribution in [3.63, 3.8) is 0 Å². The molecule has 0 radical (unpaired) electrons. The molecule has 7 heteroatoms. The first-order valence-corrected chi connectivity index (χ1v) is 8.49. The number of sulfonamides is 1. The van der Waals surface area contributed by atoms with Crippen molar-refractivity contribution < 1.29 is 13.5 Å². The van der Waals surface area contributed by atoms with Crippen LogP contribution in [0, 0.1) is 0 Å². The molecule has 0 spiro atoms. The molecule has 0 heterocycles. The molecule has 0 bridgehead atoms. The van der Waals surface area contributed by atoms with Gasteiger partial charge in [-0.05, 0) is 26.0 Å².